The average Bonchev–Trinajstić information content (AvgIpc) is 2.86. The minimum atomic E-state index is 0.000101. The van der Waals surface area contributed by atoms with Crippen molar-refractivity contribution in [2.45, 2.75) is 39.0 Å². The zero-order valence-corrected chi connectivity index (χ0v) is 12.5. The van der Waals surface area contributed by atoms with Gasteiger partial charge in [0.25, 0.3) is 5.91 Å². The van der Waals surface area contributed by atoms with Crippen molar-refractivity contribution in [2.75, 3.05) is 6.54 Å². The van der Waals surface area contributed by atoms with Crippen molar-refractivity contribution in [3.63, 3.8) is 0 Å². The number of aromatic nitrogens is 1. The number of aromatic amines is 1. The monoisotopic (exact) mass is 282 g/mol. The number of para-hydroxylation sites is 1. The third-order valence-corrected chi connectivity index (χ3v) is 4.31. The Labute approximate surface area is 125 Å². The highest BCUT2D eigenvalue weighted by atomic mass is 16.1. The van der Waals surface area contributed by atoms with Crippen LogP contribution in [0.4, 0.5) is 0 Å². The van der Waals surface area contributed by atoms with Crippen LogP contribution in [0.2, 0.25) is 0 Å². The topological polar surface area (TPSA) is 44.9 Å². The van der Waals surface area contributed by atoms with E-state index in [-0.39, 0.29) is 5.91 Å². The predicted octanol–water partition coefficient (Wildman–Crippen LogP) is 4.10. The lowest BCUT2D eigenvalue weighted by molar-refractivity contribution is 0.0949. The van der Waals surface area contributed by atoms with E-state index in [0.717, 1.165) is 29.4 Å². The van der Waals surface area contributed by atoms with Crippen LogP contribution in [0.15, 0.2) is 35.9 Å². The quantitative estimate of drug-likeness (QED) is 0.815. The molecule has 0 spiro atoms. The molecule has 1 aliphatic carbocycles. The number of benzene rings is 1. The zero-order chi connectivity index (χ0) is 14.7. The third kappa shape index (κ3) is 3.02. The summed E-state index contributed by atoms with van der Waals surface area (Å²) in [6.07, 6.45) is 8.31. The van der Waals surface area contributed by atoms with Crippen LogP contribution in [0.1, 0.15) is 48.2 Å². The summed E-state index contributed by atoms with van der Waals surface area (Å²) in [6, 6.07) is 8.03. The van der Waals surface area contributed by atoms with Gasteiger partial charge in [-0.05, 0) is 50.7 Å². The molecule has 110 valence electrons. The summed E-state index contributed by atoms with van der Waals surface area (Å²) in [5.41, 5.74) is 4.24. The standard InChI is InChI=1S/C18H22N2O/c1-13-15-9-5-6-10-16(15)20-17(13)18(21)19-12-11-14-7-3-2-4-8-14/h5-7,9-10,20H,2-4,8,11-12H2,1H3,(H,19,21). The number of fused-ring (bicyclic) bond motifs is 1. The molecule has 0 unspecified atom stereocenters. The highest BCUT2D eigenvalue weighted by Gasteiger charge is 2.14. The largest absolute Gasteiger partial charge is 0.350 e. The van der Waals surface area contributed by atoms with Gasteiger partial charge in [-0.2, -0.15) is 0 Å². The maximum atomic E-state index is 12.3. The molecule has 0 fully saturated rings. The number of rotatable bonds is 4. The molecule has 1 aliphatic rings. The van der Waals surface area contributed by atoms with Crippen molar-refractivity contribution in [2.24, 2.45) is 0 Å². The summed E-state index contributed by atoms with van der Waals surface area (Å²) in [7, 11) is 0. The Bertz CT molecular complexity index is 682. The van der Waals surface area contributed by atoms with Crippen molar-refractivity contribution in [1.29, 1.82) is 0 Å². The van der Waals surface area contributed by atoms with E-state index in [1.165, 1.54) is 31.3 Å². The summed E-state index contributed by atoms with van der Waals surface area (Å²) >= 11 is 0. The molecule has 0 bridgehead atoms. The first kappa shape index (κ1) is 13.9. The molecule has 0 atom stereocenters. The average molecular weight is 282 g/mol. The van der Waals surface area contributed by atoms with E-state index in [1.807, 2.05) is 31.2 Å². The fourth-order valence-electron chi connectivity index (χ4n) is 3.07. The number of carbonyl (C=O) groups excluding carboxylic acids is 1. The van der Waals surface area contributed by atoms with Gasteiger partial charge < -0.3 is 10.3 Å². The Morgan fingerprint density at radius 1 is 1.29 bits per heavy atom. The van der Waals surface area contributed by atoms with Crippen molar-refractivity contribution >= 4 is 16.8 Å². The Morgan fingerprint density at radius 3 is 2.90 bits per heavy atom. The molecule has 3 rings (SSSR count). The Morgan fingerprint density at radius 2 is 2.14 bits per heavy atom. The van der Waals surface area contributed by atoms with Gasteiger partial charge >= 0.3 is 0 Å². The highest BCUT2D eigenvalue weighted by molar-refractivity contribution is 6.00. The second kappa shape index (κ2) is 6.17. The van der Waals surface area contributed by atoms with Crippen LogP contribution >= 0.6 is 0 Å². The van der Waals surface area contributed by atoms with Crippen molar-refractivity contribution in [1.82, 2.24) is 10.3 Å². The normalized spacial score (nSPS) is 15.0. The molecule has 0 saturated heterocycles. The molecule has 21 heavy (non-hydrogen) atoms. The van der Waals surface area contributed by atoms with E-state index in [1.54, 1.807) is 0 Å². The Kier molecular flexibility index (Phi) is 4.09. The lowest BCUT2D eigenvalue weighted by atomic mass is 9.97. The van der Waals surface area contributed by atoms with E-state index >= 15 is 0 Å². The Hall–Kier alpha value is -2.03. The molecular weight excluding hydrogens is 260 g/mol. The maximum absolute atomic E-state index is 12.3. The molecule has 2 aromatic rings. The molecule has 0 aliphatic heterocycles. The summed E-state index contributed by atoms with van der Waals surface area (Å²) in [4.78, 5) is 15.5. The molecule has 1 aromatic carbocycles. The van der Waals surface area contributed by atoms with Gasteiger partial charge in [0.1, 0.15) is 5.69 Å². The van der Waals surface area contributed by atoms with Crippen molar-refractivity contribution < 1.29 is 4.79 Å². The number of carbonyl (C=O) groups is 1. The molecule has 1 aromatic heterocycles. The minimum Gasteiger partial charge on any atom is -0.350 e. The molecule has 3 heteroatoms. The lowest BCUT2D eigenvalue weighted by Gasteiger charge is -2.12. The highest BCUT2D eigenvalue weighted by Crippen LogP contribution is 2.22. The van der Waals surface area contributed by atoms with Crippen LogP contribution in [-0.2, 0) is 0 Å². The van der Waals surface area contributed by atoms with Gasteiger partial charge in [0, 0.05) is 17.4 Å². The minimum absolute atomic E-state index is 0.000101. The maximum Gasteiger partial charge on any atom is 0.268 e. The first-order chi connectivity index (χ1) is 10.3. The van der Waals surface area contributed by atoms with Crippen LogP contribution < -0.4 is 5.32 Å². The smallest absolute Gasteiger partial charge is 0.268 e. The summed E-state index contributed by atoms with van der Waals surface area (Å²) in [5.74, 6) is 0.000101. The molecular formula is C18H22N2O. The van der Waals surface area contributed by atoms with Crippen LogP contribution in [0.5, 0.6) is 0 Å². The predicted molar refractivity (Wildman–Crippen MR) is 86.5 cm³/mol. The van der Waals surface area contributed by atoms with Crippen LogP contribution in [-0.4, -0.2) is 17.4 Å². The summed E-state index contributed by atoms with van der Waals surface area (Å²) in [6.45, 7) is 2.72. The molecule has 0 radical (unpaired) electrons. The Balaban J connectivity index is 1.64. The lowest BCUT2D eigenvalue weighted by Crippen LogP contribution is -2.25. The first-order valence-corrected chi connectivity index (χ1v) is 7.79. The fourth-order valence-corrected chi connectivity index (χ4v) is 3.07. The number of amides is 1. The van der Waals surface area contributed by atoms with E-state index in [4.69, 9.17) is 0 Å². The molecule has 1 heterocycles. The summed E-state index contributed by atoms with van der Waals surface area (Å²) in [5, 5.41) is 4.16. The van der Waals surface area contributed by atoms with Crippen LogP contribution in [0.25, 0.3) is 10.9 Å². The second-order valence-electron chi connectivity index (χ2n) is 5.78. The number of hydrogen-bond acceptors (Lipinski definition) is 1. The van der Waals surface area contributed by atoms with Crippen molar-refractivity contribution in [3.8, 4) is 0 Å². The second-order valence-corrected chi connectivity index (χ2v) is 5.78. The van der Waals surface area contributed by atoms with Crippen molar-refractivity contribution in [3.05, 3.63) is 47.2 Å². The van der Waals surface area contributed by atoms with Gasteiger partial charge in [0.05, 0.1) is 0 Å². The van der Waals surface area contributed by atoms with Gasteiger partial charge in [0.15, 0.2) is 0 Å². The van der Waals surface area contributed by atoms with Gasteiger partial charge in [-0.15, -0.1) is 0 Å². The first-order valence-electron chi connectivity index (χ1n) is 7.79. The number of allylic oxidation sites excluding steroid dienone is 1. The van der Waals surface area contributed by atoms with Crippen LogP contribution in [0.3, 0.4) is 0 Å². The van der Waals surface area contributed by atoms with Gasteiger partial charge in [-0.25, -0.2) is 0 Å². The third-order valence-electron chi connectivity index (χ3n) is 4.31. The molecule has 2 N–H and O–H groups in total. The van der Waals surface area contributed by atoms with Gasteiger partial charge in [-0.1, -0.05) is 29.8 Å². The summed E-state index contributed by atoms with van der Waals surface area (Å²) < 4.78 is 0. The fraction of sp³-hybridized carbons (Fsp3) is 0.389. The number of aryl methyl sites for hydroxylation is 1. The van der Waals surface area contributed by atoms with E-state index < -0.39 is 0 Å². The van der Waals surface area contributed by atoms with E-state index in [9.17, 15) is 4.79 Å². The molecule has 0 saturated carbocycles. The van der Waals surface area contributed by atoms with Gasteiger partial charge in [-0.3, -0.25) is 4.79 Å². The number of hydrogen-bond donors (Lipinski definition) is 2. The van der Waals surface area contributed by atoms with E-state index in [2.05, 4.69) is 16.4 Å². The molecule has 3 nitrogen and oxygen atoms in total. The molecule has 1 amide bonds. The van der Waals surface area contributed by atoms with E-state index in [0.29, 0.717) is 5.69 Å². The number of H-pyrrole nitrogens is 1. The van der Waals surface area contributed by atoms with Crippen LogP contribution in [0, 0.1) is 6.92 Å². The SMILES string of the molecule is Cc1c(C(=O)NCCC2=CCCCC2)[nH]c2ccccc12. The van der Waals surface area contributed by atoms with Gasteiger partial charge in [0.2, 0.25) is 0 Å². The zero-order valence-electron chi connectivity index (χ0n) is 12.5. The number of nitrogens with one attached hydrogen (secondary N) is 2.